The highest BCUT2D eigenvalue weighted by molar-refractivity contribution is 5.22. The first kappa shape index (κ1) is 11.9. The van der Waals surface area contributed by atoms with Crippen molar-refractivity contribution in [2.75, 3.05) is 0 Å². The van der Waals surface area contributed by atoms with Gasteiger partial charge in [-0.3, -0.25) is 0 Å². The van der Waals surface area contributed by atoms with E-state index in [0.717, 1.165) is 19.3 Å². The molecule has 0 amide bonds. The van der Waals surface area contributed by atoms with Crippen molar-refractivity contribution in [3.8, 4) is 0 Å². The molecule has 0 aromatic rings. The third-order valence-electron chi connectivity index (χ3n) is 5.44. The number of aliphatic hydroxyl groups is 3. The number of aliphatic hydroxyl groups excluding tert-OH is 2. The number of hydrogen-bond donors (Lipinski definition) is 3. The Morgan fingerprint density at radius 3 is 2.59 bits per heavy atom. The summed E-state index contributed by atoms with van der Waals surface area (Å²) in [6, 6.07) is 0. The third-order valence-corrected chi connectivity index (χ3v) is 5.44. The lowest BCUT2D eigenvalue weighted by Gasteiger charge is -2.57. The Labute approximate surface area is 102 Å². The van der Waals surface area contributed by atoms with Crippen molar-refractivity contribution >= 4 is 0 Å². The van der Waals surface area contributed by atoms with E-state index >= 15 is 0 Å². The molecule has 2 bridgehead atoms. The van der Waals surface area contributed by atoms with E-state index in [2.05, 4.69) is 6.92 Å². The third kappa shape index (κ3) is 1.22. The SMILES string of the molecule is CC1(O)CCC[C@@]2(C)C[C@H]3O[C@@]12[C@@H](O)C[C@@H]3O. The standard InChI is InChI=1S/C13H22O4/c1-11-4-3-5-12(2,16)13(11)10(15)6-8(14)9(7-11)17-13/h8-10,14-16H,3-7H2,1-2H3/t8-,9+,10-,11-,12?,13+/m0/s1. The number of rotatable bonds is 0. The molecule has 6 atom stereocenters. The summed E-state index contributed by atoms with van der Waals surface area (Å²) in [6.07, 6.45) is 1.99. The van der Waals surface area contributed by atoms with Crippen LogP contribution >= 0.6 is 0 Å². The highest BCUT2D eigenvalue weighted by atomic mass is 16.6. The Kier molecular flexibility index (Phi) is 2.26. The summed E-state index contributed by atoms with van der Waals surface area (Å²) >= 11 is 0. The molecule has 2 aliphatic heterocycles. The second-order valence-corrected chi connectivity index (χ2v) is 6.60. The van der Waals surface area contributed by atoms with Gasteiger partial charge in [0.15, 0.2) is 0 Å². The molecular weight excluding hydrogens is 220 g/mol. The number of ether oxygens (including phenoxy) is 1. The van der Waals surface area contributed by atoms with E-state index in [9.17, 15) is 15.3 Å². The molecule has 17 heavy (non-hydrogen) atoms. The molecule has 3 fully saturated rings. The van der Waals surface area contributed by atoms with Crippen LogP contribution < -0.4 is 0 Å². The van der Waals surface area contributed by atoms with Crippen LogP contribution in [0.5, 0.6) is 0 Å². The molecular formula is C13H22O4. The average Bonchev–Trinajstić information content (AvgIpc) is 2.48. The topological polar surface area (TPSA) is 69.9 Å². The van der Waals surface area contributed by atoms with Gasteiger partial charge in [-0.2, -0.15) is 0 Å². The smallest absolute Gasteiger partial charge is 0.128 e. The first-order chi connectivity index (χ1) is 7.82. The van der Waals surface area contributed by atoms with Crippen LogP contribution in [0, 0.1) is 5.41 Å². The minimum absolute atomic E-state index is 0.226. The van der Waals surface area contributed by atoms with Crippen molar-refractivity contribution in [3.63, 3.8) is 0 Å². The lowest BCUT2D eigenvalue weighted by molar-refractivity contribution is -0.293. The molecule has 1 aliphatic carbocycles. The largest absolute Gasteiger partial charge is 0.390 e. The van der Waals surface area contributed by atoms with Crippen molar-refractivity contribution in [1.29, 1.82) is 0 Å². The zero-order valence-corrected chi connectivity index (χ0v) is 10.5. The lowest BCUT2D eigenvalue weighted by atomic mass is 9.55. The summed E-state index contributed by atoms with van der Waals surface area (Å²) in [5.74, 6) is 0. The Morgan fingerprint density at radius 2 is 1.88 bits per heavy atom. The Balaban J connectivity index is 2.11. The normalized spacial score (nSPS) is 62.3. The van der Waals surface area contributed by atoms with Gasteiger partial charge in [0.2, 0.25) is 0 Å². The predicted molar refractivity (Wildman–Crippen MR) is 61.4 cm³/mol. The second kappa shape index (κ2) is 3.23. The second-order valence-electron chi connectivity index (χ2n) is 6.60. The number of hydrogen-bond acceptors (Lipinski definition) is 4. The van der Waals surface area contributed by atoms with E-state index in [1.54, 1.807) is 6.92 Å². The van der Waals surface area contributed by atoms with Crippen molar-refractivity contribution < 1.29 is 20.1 Å². The van der Waals surface area contributed by atoms with Crippen LogP contribution in [-0.4, -0.2) is 44.8 Å². The molecule has 1 saturated carbocycles. The molecule has 3 aliphatic rings. The summed E-state index contributed by atoms with van der Waals surface area (Å²) in [7, 11) is 0. The fraction of sp³-hybridized carbons (Fsp3) is 1.00. The van der Waals surface area contributed by atoms with E-state index in [1.165, 1.54) is 0 Å². The summed E-state index contributed by atoms with van der Waals surface area (Å²) < 4.78 is 5.98. The van der Waals surface area contributed by atoms with Gasteiger partial charge in [0.05, 0.1) is 23.9 Å². The van der Waals surface area contributed by atoms with Gasteiger partial charge in [0, 0.05) is 11.8 Å². The van der Waals surface area contributed by atoms with Crippen molar-refractivity contribution in [1.82, 2.24) is 0 Å². The first-order valence-corrected chi connectivity index (χ1v) is 6.59. The highest BCUT2D eigenvalue weighted by Gasteiger charge is 2.72. The molecule has 0 aromatic carbocycles. The van der Waals surface area contributed by atoms with Crippen LogP contribution in [-0.2, 0) is 4.74 Å². The van der Waals surface area contributed by atoms with Gasteiger partial charge in [-0.15, -0.1) is 0 Å². The minimum atomic E-state index is -1.01. The fourth-order valence-corrected chi connectivity index (χ4v) is 4.69. The molecule has 1 unspecified atom stereocenters. The molecule has 1 spiro atoms. The van der Waals surface area contributed by atoms with Crippen molar-refractivity contribution in [2.24, 2.45) is 5.41 Å². The van der Waals surface area contributed by atoms with Gasteiger partial charge >= 0.3 is 0 Å². The zero-order chi connectivity index (χ0) is 12.5. The summed E-state index contributed by atoms with van der Waals surface area (Å²) in [5, 5.41) is 31.0. The lowest BCUT2D eigenvalue weighted by Crippen LogP contribution is -2.70. The maximum Gasteiger partial charge on any atom is 0.128 e. The van der Waals surface area contributed by atoms with Crippen molar-refractivity contribution in [2.45, 2.75) is 75.5 Å². The van der Waals surface area contributed by atoms with Gasteiger partial charge in [-0.05, 0) is 32.6 Å². The van der Waals surface area contributed by atoms with Gasteiger partial charge < -0.3 is 20.1 Å². The number of fused-ring (bicyclic) bond motifs is 1. The molecule has 2 saturated heterocycles. The maximum absolute atomic E-state index is 10.7. The molecule has 3 rings (SSSR count). The monoisotopic (exact) mass is 242 g/mol. The van der Waals surface area contributed by atoms with Gasteiger partial charge in [-0.1, -0.05) is 6.92 Å². The van der Waals surface area contributed by atoms with Crippen LogP contribution in [0.1, 0.15) is 46.0 Å². The zero-order valence-electron chi connectivity index (χ0n) is 10.5. The van der Waals surface area contributed by atoms with Crippen LogP contribution in [0.3, 0.4) is 0 Å². The van der Waals surface area contributed by atoms with E-state index < -0.39 is 23.4 Å². The van der Waals surface area contributed by atoms with Gasteiger partial charge in [0.25, 0.3) is 0 Å². The van der Waals surface area contributed by atoms with Crippen LogP contribution in [0.4, 0.5) is 0 Å². The molecule has 2 heterocycles. The minimum Gasteiger partial charge on any atom is -0.390 e. The van der Waals surface area contributed by atoms with Crippen LogP contribution in [0.2, 0.25) is 0 Å². The predicted octanol–water partition coefficient (Wildman–Crippen LogP) is 0.581. The molecule has 98 valence electrons. The Hall–Kier alpha value is -0.160. The average molecular weight is 242 g/mol. The maximum atomic E-state index is 10.7. The van der Waals surface area contributed by atoms with E-state index in [-0.39, 0.29) is 11.5 Å². The summed E-state index contributed by atoms with van der Waals surface area (Å²) in [6.45, 7) is 3.86. The molecule has 0 radical (unpaired) electrons. The quantitative estimate of drug-likeness (QED) is 0.581. The molecule has 4 heteroatoms. The van der Waals surface area contributed by atoms with Crippen molar-refractivity contribution in [3.05, 3.63) is 0 Å². The van der Waals surface area contributed by atoms with Crippen LogP contribution in [0.25, 0.3) is 0 Å². The summed E-state index contributed by atoms with van der Waals surface area (Å²) in [5.41, 5.74) is -2.12. The first-order valence-electron chi connectivity index (χ1n) is 6.59. The van der Waals surface area contributed by atoms with Gasteiger partial charge in [0.1, 0.15) is 5.60 Å². The van der Waals surface area contributed by atoms with E-state index in [1.807, 2.05) is 0 Å². The summed E-state index contributed by atoms with van der Waals surface area (Å²) in [4.78, 5) is 0. The molecule has 0 aromatic heterocycles. The molecule has 3 N–H and O–H groups in total. The van der Waals surface area contributed by atoms with Gasteiger partial charge in [-0.25, -0.2) is 0 Å². The van der Waals surface area contributed by atoms with E-state index in [4.69, 9.17) is 4.74 Å². The molecule has 4 nitrogen and oxygen atoms in total. The highest BCUT2D eigenvalue weighted by Crippen LogP contribution is 2.63. The Morgan fingerprint density at radius 1 is 1.18 bits per heavy atom. The Bertz CT molecular complexity index is 342. The fourth-order valence-electron chi connectivity index (χ4n) is 4.69. The van der Waals surface area contributed by atoms with Crippen LogP contribution in [0.15, 0.2) is 0 Å². The van der Waals surface area contributed by atoms with E-state index in [0.29, 0.717) is 12.8 Å².